The number of pyridine rings is 3. The number of carbonyl (C=O) groups excluding carboxylic acids is 2. The summed E-state index contributed by atoms with van der Waals surface area (Å²) in [6.07, 6.45) is 2.24. The molecule has 192 valence electrons. The highest BCUT2D eigenvalue weighted by Gasteiger charge is 2.45. The Kier molecular flexibility index (Phi) is 5.43. The zero-order chi connectivity index (χ0) is 26.8. The molecule has 3 aromatic heterocycles. The second-order valence-electron chi connectivity index (χ2n) is 9.49. The van der Waals surface area contributed by atoms with E-state index >= 15 is 0 Å². The average Bonchev–Trinajstić information content (AvgIpc) is 3.32. The molecule has 0 amide bonds. The number of methoxy groups -OCH3 is 1. The summed E-state index contributed by atoms with van der Waals surface area (Å²) in [6.45, 7) is 3.76. The molecular formula is C29H25N3O6. The number of aryl methyl sites for hydroxylation is 1. The van der Waals surface area contributed by atoms with Crippen molar-refractivity contribution in [1.82, 2.24) is 14.5 Å². The number of esters is 1. The number of hydrogen-bond donors (Lipinski definition) is 1. The molecule has 0 unspecified atom stereocenters. The van der Waals surface area contributed by atoms with Gasteiger partial charge in [0, 0.05) is 22.7 Å². The van der Waals surface area contributed by atoms with Gasteiger partial charge < -0.3 is 19.1 Å². The molecular weight excluding hydrogens is 486 g/mol. The van der Waals surface area contributed by atoms with Gasteiger partial charge in [-0.15, -0.1) is 0 Å². The van der Waals surface area contributed by atoms with Gasteiger partial charge in [-0.05, 0) is 48.7 Å². The summed E-state index contributed by atoms with van der Waals surface area (Å²) in [6, 6.07) is 10.3. The van der Waals surface area contributed by atoms with E-state index in [4.69, 9.17) is 14.5 Å². The van der Waals surface area contributed by atoms with E-state index < -0.39 is 11.6 Å². The average molecular weight is 512 g/mol. The Hall–Kier alpha value is -4.37. The lowest BCUT2D eigenvalue weighted by Crippen LogP contribution is -2.44. The van der Waals surface area contributed by atoms with E-state index in [9.17, 15) is 19.5 Å². The van der Waals surface area contributed by atoms with Crippen LogP contribution in [0.5, 0.6) is 5.75 Å². The van der Waals surface area contributed by atoms with Crippen molar-refractivity contribution in [1.29, 1.82) is 0 Å². The van der Waals surface area contributed by atoms with Gasteiger partial charge in [-0.1, -0.05) is 19.9 Å². The summed E-state index contributed by atoms with van der Waals surface area (Å²) in [5.41, 5.74) is 2.20. The lowest BCUT2D eigenvalue weighted by atomic mass is 9.86. The van der Waals surface area contributed by atoms with Crippen molar-refractivity contribution in [2.45, 2.75) is 45.4 Å². The number of benzene rings is 1. The Morgan fingerprint density at radius 3 is 2.68 bits per heavy atom. The van der Waals surface area contributed by atoms with E-state index in [1.165, 1.54) is 0 Å². The SMILES string of the molecule is CCc1c2c(nc3c(C(=O)c4ccccn4)cc(OC)cc13)-c1cc3c(c(=O)n1C2)COC(=O)[C@]3(O)CC. The minimum Gasteiger partial charge on any atom is -0.497 e. The molecule has 1 aromatic carbocycles. The molecule has 0 bridgehead atoms. The molecule has 2 aliphatic heterocycles. The molecule has 9 nitrogen and oxygen atoms in total. The van der Waals surface area contributed by atoms with Gasteiger partial charge in [0.15, 0.2) is 5.60 Å². The maximum absolute atomic E-state index is 13.6. The van der Waals surface area contributed by atoms with Gasteiger partial charge in [-0.3, -0.25) is 14.6 Å². The number of aliphatic hydroxyl groups is 1. The van der Waals surface area contributed by atoms with E-state index in [1.54, 1.807) is 55.1 Å². The van der Waals surface area contributed by atoms with Crippen LogP contribution in [0.4, 0.5) is 0 Å². The Bertz CT molecular complexity index is 1730. The van der Waals surface area contributed by atoms with E-state index in [-0.39, 0.29) is 47.7 Å². The standard InChI is InChI=1S/C29H25N3O6/c1-4-16-17-10-15(37-3)11-18(26(33)22-8-6-7-9-30-22)24(17)31-25-19(16)13-32-23(25)12-21-20(27(32)34)14-38-28(35)29(21,36)5-2/h6-12,36H,4-5,13-14H2,1-3H3/t29-/m0/s1. The van der Waals surface area contributed by atoms with Gasteiger partial charge in [0.2, 0.25) is 5.78 Å². The number of ketones is 1. The molecule has 1 atom stereocenters. The minimum atomic E-state index is -1.91. The summed E-state index contributed by atoms with van der Waals surface area (Å²) in [4.78, 5) is 48.8. The number of ether oxygens (including phenoxy) is 2. The number of rotatable bonds is 5. The van der Waals surface area contributed by atoms with Crippen LogP contribution in [0.15, 0.2) is 47.4 Å². The fourth-order valence-corrected chi connectivity index (χ4v) is 5.57. The van der Waals surface area contributed by atoms with E-state index in [0.29, 0.717) is 34.6 Å². The van der Waals surface area contributed by atoms with Gasteiger partial charge in [0.25, 0.3) is 5.56 Å². The number of fused-ring (bicyclic) bond motifs is 5. The molecule has 6 rings (SSSR count). The van der Waals surface area contributed by atoms with E-state index in [1.807, 2.05) is 13.0 Å². The molecule has 1 N–H and O–H groups in total. The Morgan fingerprint density at radius 2 is 2.00 bits per heavy atom. The predicted octanol–water partition coefficient (Wildman–Crippen LogP) is 3.28. The lowest BCUT2D eigenvalue weighted by molar-refractivity contribution is -0.172. The number of cyclic esters (lactones) is 1. The number of aromatic nitrogens is 3. The van der Waals surface area contributed by atoms with Crippen molar-refractivity contribution in [2.75, 3.05) is 7.11 Å². The maximum Gasteiger partial charge on any atom is 0.343 e. The van der Waals surface area contributed by atoms with Gasteiger partial charge in [0.1, 0.15) is 18.1 Å². The van der Waals surface area contributed by atoms with Gasteiger partial charge in [-0.2, -0.15) is 0 Å². The molecule has 5 heterocycles. The third kappa shape index (κ3) is 3.24. The smallest absolute Gasteiger partial charge is 0.343 e. The normalized spacial score (nSPS) is 17.5. The molecule has 4 aromatic rings. The number of hydrogen-bond acceptors (Lipinski definition) is 8. The monoisotopic (exact) mass is 511 g/mol. The zero-order valence-electron chi connectivity index (χ0n) is 21.2. The molecule has 2 aliphatic rings. The molecule has 9 heteroatoms. The first kappa shape index (κ1) is 24.0. The van der Waals surface area contributed by atoms with Crippen molar-refractivity contribution >= 4 is 22.7 Å². The van der Waals surface area contributed by atoms with Crippen LogP contribution in [0.25, 0.3) is 22.3 Å². The van der Waals surface area contributed by atoms with Crippen LogP contribution in [0, 0.1) is 0 Å². The quantitative estimate of drug-likeness (QED) is 0.282. The van der Waals surface area contributed by atoms with Gasteiger partial charge in [-0.25, -0.2) is 9.78 Å². The number of carbonyl (C=O) groups is 2. The van der Waals surface area contributed by atoms with Crippen molar-refractivity contribution in [3.8, 4) is 17.1 Å². The minimum absolute atomic E-state index is 0.0580. The second-order valence-corrected chi connectivity index (χ2v) is 9.49. The van der Waals surface area contributed by atoms with E-state index in [0.717, 1.165) is 16.5 Å². The fraction of sp³-hybridized carbons (Fsp3) is 0.276. The van der Waals surface area contributed by atoms with Crippen LogP contribution in [0.3, 0.4) is 0 Å². The highest BCUT2D eigenvalue weighted by atomic mass is 16.6. The van der Waals surface area contributed by atoms with Crippen molar-refractivity contribution in [3.05, 3.63) is 86.5 Å². The summed E-state index contributed by atoms with van der Waals surface area (Å²) < 4.78 is 12.3. The first-order valence-corrected chi connectivity index (χ1v) is 12.5. The molecule has 0 fully saturated rings. The summed E-state index contributed by atoms with van der Waals surface area (Å²) in [5, 5.41) is 11.9. The number of nitrogens with zero attached hydrogens (tertiary/aromatic N) is 3. The van der Waals surface area contributed by atoms with Gasteiger partial charge in [0.05, 0.1) is 41.7 Å². The van der Waals surface area contributed by atoms with Crippen molar-refractivity contribution in [2.24, 2.45) is 0 Å². The maximum atomic E-state index is 13.6. The highest BCUT2D eigenvalue weighted by Crippen LogP contribution is 2.41. The summed E-state index contributed by atoms with van der Waals surface area (Å²) in [5.74, 6) is -0.556. The predicted molar refractivity (Wildman–Crippen MR) is 138 cm³/mol. The topological polar surface area (TPSA) is 121 Å². The molecule has 0 saturated carbocycles. The van der Waals surface area contributed by atoms with Crippen molar-refractivity contribution < 1.29 is 24.2 Å². The largest absolute Gasteiger partial charge is 0.497 e. The molecule has 0 saturated heterocycles. The van der Waals surface area contributed by atoms with Crippen LogP contribution in [0.1, 0.15) is 58.6 Å². The second kappa shape index (κ2) is 8.59. The molecule has 0 spiro atoms. The molecule has 38 heavy (non-hydrogen) atoms. The van der Waals surface area contributed by atoms with Gasteiger partial charge >= 0.3 is 5.97 Å². The van der Waals surface area contributed by atoms with Crippen LogP contribution in [-0.4, -0.2) is 38.5 Å². The van der Waals surface area contributed by atoms with Crippen LogP contribution < -0.4 is 10.3 Å². The zero-order valence-corrected chi connectivity index (χ0v) is 21.2. The van der Waals surface area contributed by atoms with Crippen molar-refractivity contribution in [3.63, 3.8) is 0 Å². The first-order chi connectivity index (χ1) is 18.3. The van der Waals surface area contributed by atoms with E-state index in [2.05, 4.69) is 4.98 Å². The Morgan fingerprint density at radius 1 is 1.18 bits per heavy atom. The fourth-order valence-electron chi connectivity index (χ4n) is 5.57. The van der Waals surface area contributed by atoms with Crippen LogP contribution >= 0.6 is 0 Å². The Balaban J connectivity index is 1.66. The summed E-state index contributed by atoms with van der Waals surface area (Å²) >= 11 is 0. The third-order valence-electron chi connectivity index (χ3n) is 7.62. The molecule has 0 aliphatic carbocycles. The molecule has 0 radical (unpaired) electrons. The Labute approximate surface area is 217 Å². The lowest BCUT2D eigenvalue weighted by Gasteiger charge is -2.31. The van der Waals surface area contributed by atoms with Crippen LogP contribution in [0.2, 0.25) is 0 Å². The third-order valence-corrected chi connectivity index (χ3v) is 7.62. The summed E-state index contributed by atoms with van der Waals surface area (Å²) in [7, 11) is 1.54. The first-order valence-electron chi connectivity index (χ1n) is 12.5. The highest BCUT2D eigenvalue weighted by molar-refractivity contribution is 6.15. The van der Waals surface area contributed by atoms with Crippen LogP contribution in [-0.2, 0) is 34.7 Å².